The van der Waals surface area contributed by atoms with Gasteiger partial charge in [-0.2, -0.15) is 0 Å². The number of rotatable bonds is 7. The van der Waals surface area contributed by atoms with Crippen LogP contribution in [0.1, 0.15) is 40.2 Å². The first-order valence-corrected chi connectivity index (χ1v) is 11.6. The molecule has 1 fully saturated rings. The minimum absolute atomic E-state index is 0.138. The zero-order valence-electron chi connectivity index (χ0n) is 18.6. The van der Waals surface area contributed by atoms with Crippen LogP contribution in [0.4, 0.5) is 5.13 Å². The third-order valence-corrected chi connectivity index (χ3v) is 6.46. The van der Waals surface area contributed by atoms with Gasteiger partial charge in [0.15, 0.2) is 5.13 Å². The molecule has 3 aromatic rings. The fraction of sp³-hybridized carbons (Fsp3) is 0.417. The van der Waals surface area contributed by atoms with Crippen molar-refractivity contribution in [3.63, 3.8) is 0 Å². The molecule has 3 heterocycles. The van der Waals surface area contributed by atoms with Gasteiger partial charge >= 0.3 is 0 Å². The third kappa shape index (κ3) is 5.06. The number of ether oxygens (including phenoxy) is 1. The van der Waals surface area contributed by atoms with Crippen LogP contribution in [0.2, 0.25) is 0 Å². The molecule has 1 atom stereocenters. The highest BCUT2D eigenvalue weighted by Crippen LogP contribution is 2.31. The Morgan fingerprint density at radius 1 is 1.29 bits per heavy atom. The second-order valence-corrected chi connectivity index (χ2v) is 9.32. The average molecular weight is 439 g/mol. The highest BCUT2D eigenvalue weighted by atomic mass is 32.1. The molecule has 0 spiro atoms. The number of carbonyl (C=O) groups is 1. The first kappa shape index (κ1) is 21.7. The van der Waals surface area contributed by atoms with Crippen molar-refractivity contribution in [3.05, 3.63) is 58.2 Å². The maximum Gasteiger partial charge on any atom is 0.257 e. The van der Waals surface area contributed by atoms with Gasteiger partial charge < -0.3 is 14.2 Å². The molecule has 0 bridgehead atoms. The lowest BCUT2D eigenvalue weighted by Gasteiger charge is -2.14. The van der Waals surface area contributed by atoms with Gasteiger partial charge in [-0.1, -0.05) is 12.1 Å². The number of amides is 1. The fourth-order valence-corrected chi connectivity index (χ4v) is 4.79. The Labute approximate surface area is 187 Å². The molecule has 0 unspecified atom stereocenters. The van der Waals surface area contributed by atoms with Crippen LogP contribution in [-0.2, 0) is 17.8 Å². The lowest BCUT2D eigenvalue weighted by Crippen LogP contribution is -2.16. The number of aromatic nitrogens is 2. The van der Waals surface area contributed by atoms with E-state index < -0.39 is 0 Å². The number of nitrogens with zero attached hydrogens (tertiary/aromatic N) is 3. The van der Waals surface area contributed by atoms with Crippen molar-refractivity contribution in [1.29, 1.82) is 0 Å². The highest BCUT2D eigenvalue weighted by Gasteiger charge is 2.20. The lowest BCUT2D eigenvalue weighted by molar-refractivity contribution is 0.0962. The summed E-state index contributed by atoms with van der Waals surface area (Å²) in [7, 11) is 4.06. The molecule has 1 saturated heterocycles. The largest absolute Gasteiger partial charge is 0.376 e. The molecule has 0 saturated carbocycles. The van der Waals surface area contributed by atoms with E-state index in [-0.39, 0.29) is 5.91 Å². The van der Waals surface area contributed by atoms with Crippen molar-refractivity contribution >= 4 is 22.4 Å². The highest BCUT2D eigenvalue weighted by molar-refractivity contribution is 7.14. The maximum absolute atomic E-state index is 12.6. The molecule has 164 valence electrons. The van der Waals surface area contributed by atoms with E-state index in [2.05, 4.69) is 39.7 Å². The van der Waals surface area contributed by atoms with E-state index in [1.54, 1.807) is 0 Å². The van der Waals surface area contributed by atoms with Crippen LogP contribution < -0.4 is 5.32 Å². The molecular weight excluding hydrogens is 408 g/mol. The summed E-state index contributed by atoms with van der Waals surface area (Å²) in [6.45, 7) is 6.85. The van der Waals surface area contributed by atoms with Crippen LogP contribution in [0.3, 0.4) is 0 Å². The van der Waals surface area contributed by atoms with Crippen molar-refractivity contribution < 1.29 is 9.53 Å². The van der Waals surface area contributed by atoms with E-state index in [9.17, 15) is 4.79 Å². The first-order chi connectivity index (χ1) is 14.9. The van der Waals surface area contributed by atoms with Gasteiger partial charge in [0, 0.05) is 47.6 Å². The van der Waals surface area contributed by atoms with Crippen LogP contribution in [0.5, 0.6) is 0 Å². The van der Waals surface area contributed by atoms with E-state index >= 15 is 0 Å². The SMILES string of the molecule is Cc1cc(-c2csc(NC(=O)c3ccc(CN(C)C)cc3)n2)c(C)n1C[C@@H]1CCCO1. The summed E-state index contributed by atoms with van der Waals surface area (Å²) < 4.78 is 8.13. The molecule has 31 heavy (non-hydrogen) atoms. The molecule has 2 aromatic heterocycles. The number of nitrogens with one attached hydrogen (secondary N) is 1. The summed E-state index contributed by atoms with van der Waals surface area (Å²) in [5.41, 5.74) is 6.21. The summed E-state index contributed by atoms with van der Waals surface area (Å²) >= 11 is 1.45. The lowest BCUT2D eigenvalue weighted by atomic mass is 10.1. The van der Waals surface area contributed by atoms with Gasteiger partial charge in [0.25, 0.3) is 5.91 Å². The van der Waals surface area contributed by atoms with Crippen molar-refractivity contribution in [3.8, 4) is 11.3 Å². The summed E-state index contributed by atoms with van der Waals surface area (Å²) in [5.74, 6) is -0.138. The Morgan fingerprint density at radius 3 is 2.74 bits per heavy atom. The molecule has 1 aliphatic heterocycles. The number of hydrogen-bond acceptors (Lipinski definition) is 5. The molecule has 0 radical (unpaired) electrons. The summed E-state index contributed by atoms with van der Waals surface area (Å²) in [4.78, 5) is 19.4. The van der Waals surface area contributed by atoms with Gasteiger partial charge in [-0.05, 0) is 64.5 Å². The van der Waals surface area contributed by atoms with Crippen molar-refractivity contribution in [2.24, 2.45) is 0 Å². The van der Waals surface area contributed by atoms with Crippen molar-refractivity contribution in [1.82, 2.24) is 14.5 Å². The number of anilines is 1. The monoisotopic (exact) mass is 438 g/mol. The van der Waals surface area contributed by atoms with E-state index in [1.807, 2.05) is 43.7 Å². The summed E-state index contributed by atoms with van der Waals surface area (Å²) in [6.07, 6.45) is 2.56. The van der Waals surface area contributed by atoms with Gasteiger partial charge in [0.05, 0.1) is 11.8 Å². The van der Waals surface area contributed by atoms with E-state index in [4.69, 9.17) is 4.74 Å². The first-order valence-electron chi connectivity index (χ1n) is 10.7. The molecule has 6 nitrogen and oxygen atoms in total. The predicted molar refractivity (Wildman–Crippen MR) is 126 cm³/mol. The maximum atomic E-state index is 12.6. The zero-order valence-corrected chi connectivity index (χ0v) is 19.5. The van der Waals surface area contributed by atoms with Gasteiger partial charge in [-0.15, -0.1) is 11.3 Å². The number of thiazole rings is 1. The van der Waals surface area contributed by atoms with E-state index in [0.29, 0.717) is 16.8 Å². The van der Waals surface area contributed by atoms with Gasteiger partial charge in [-0.3, -0.25) is 10.1 Å². The normalized spacial score (nSPS) is 16.2. The number of hydrogen-bond donors (Lipinski definition) is 1. The third-order valence-electron chi connectivity index (χ3n) is 5.70. The molecule has 7 heteroatoms. The number of aryl methyl sites for hydroxylation is 1. The smallest absolute Gasteiger partial charge is 0.257 e. The molecule has 1 N–H and O–H groups in total. The Morgan fingerprint density at radius 2 is 2.06 bits per heavy atom. The minimum atomic E-state index is -0.138. The van der Waals surface area contributed by atoms with Crippen LogP contribution >= 0.6 is 11.3 Å². The zero-order chi connectivity index (χ0) is 22.0. The van der Waals surface area contributed by atoms with E-state index in [1.165, 1.54) is 28.3 Å². The van der Waals surface area contributed by atoms with Crippen molar-refractivity contribution in [2.45, 2.75) is 45.9 Å². The van der Waals surface area contributed by atoms with Crippen LogP contribution in [-0.4, -0.2) is 47.2 Å². The average Bonchev–Trinajstić information content (AvgIpc) is 3.46. The van der Waals surface area contributed by atoms with E-state index in [0.717, 1.165) is 43.8 Å². The molecule has 0 aliphatic carbocycles. The van der Waals surface area contributed by atoms with Gasteiger partial charge in [0.2, 0.25) is 0 Å². The Hall–Kier alpha value is -2.48. The molecule has 4 rings (SSSR count). The molecule has 1 aromatic carbocycles. The Balaban J connectivity index is 1.45. The summed E-state index contributed by atoms with van der Waals surface area (Å²) in [5, 5.41) is 5.56. The Kier molecular flexibility index (Phi) is 6.55. The van der Waals surface area contributed by atoms with Crippen LogP contribution in [0.15, 0.2) is 35.7 Å². The topological polar surface area (TPSA) is 59.4 Å². The van der Waals surface area contributed by atoms with Crippen LogP contribution in [0, 0.1) is 13.8 Å². The van der Waals surface area contributed by atoms with Crippen LogP contribution in [0.25, 0.3) is 11.3 Å². The van der Waals surface area contributed by atoms with Crippen molar-refractivity contribution in [2.75, 3.05) is 26.0 Å². The standard InChI is InChI=1S/C24H30N4O2S/c1-16-12-21(17(2)28(16)14-20-6-5-11-30-20)22-15-31-24(25-22)26-23(29)19-9-7-18(8-10-19)13-27(3)4/h7-10,12,15,20H,5-6,11,13-14H2,1-4H3,(H,25,26,29)/t20-/m0/s1. The molecule has 1 amide bonds. The predicted octanol–water partition coefficient (Wildman–Crippen LogP) is 4.72. The quantitative estimate of drug-likeness (QED) is 0.580. The van der Waals surface area contributed by atoms with Gasteiger partial charge in [0.1, 0.15) is 0 Å². The number of carbonyl (C=O) groups excluding carboxylic acids is 1. The fourth-order valence-electron chi connectivity index (χ4n) is 4.08. The Bertz CT molecular complexity index is 1050. The minimum Gasteiger partial charge on any atom is -0.376 e. The second kappa shape index (κ2) is 9.34. The summed E-state index contributed by atoms with van der Waals surface area (Å²) in [6, 6.07) is 9.88. The number of benzene rings is 1. The second-order valence-electron chi connectivity index (χ2n) is 8.46. The molecule has 1 aliphatic rings. The van der Waals surface area contributed by atoms with Gasteiger partial charge in [-0.25, -0.2) is 4.98 Å². The molecular formula is C24H30N4O2S.